The van der Waals surface area contributed by atoms with Crippen LogP contribution in [0.5, 0.6) is 0 Å². The second kappa shape index (κ2) is 7.90. The fraction of sp³-hybridized carbons (Fsp3) is 0.429. The molecule has 0 aliphatic heterocycles. The second-order valence-electron chi connectivity index (χ2n) is 4.19. The number of anilines is 1. The van der Waals surface area contributed by atoms with Crippen LogP contribution in [0.4, 0.5) is 5.69 Å². The highest BCUT2D eigenvalue weighted by Gasteiger charge is 2.11. The van der Waals surface area contributed by atoms with Gasteiger partial charge in [0.1, 0.15) is 6.61 Å². The summed E-state index contributed by atoms with van der Waals surface area (Å²) in [6.07, 6.45) is 1.41. The summed E-state index contributed by atoms with van der Waals surface area (Å²) in [5.74, 6) is 5.37. The topological polar surface area (TPSA) is 78.4 Å². The number of aliphatic hydroxyl groups is 1. The number of nitrogens with one attached hydrogen (secondary N) is 2. The number of rotatable bonds is 6. The molecule has 0 aliphatic carbocycles. The monoisotopic (exact) mass is 296 g/mol. The summed E-state index contributed by atoms with van der Waals surface area (Å²) >= 11 is 0. The van der Waals surface area contributed by atoms with Crippen molar-refractivity contribution in [1.82, 2.24) is 4.72 Å². The van der Waals surface area contributed by atoms with Crippen LogP contribution in [0.25, 0.3) is 0 Å². The minimum absolute atomic E-state index is 0.198. The van der Waals surface area contributed by atoms with Crippen LogP contribution >= 0.6 is 0 Å². The first-order chi connectivity index (χ1) is 9.52. The van der Waals surface area contributed by atoms with Gasteiger partial charge in [-0.3, -0.25) is 4.72 Å². The zero-order chi connectivity index (χ0) is 15.0. The Bertz CT molecular complexity index is 601. The summed E-state index contributed by atoms with van der Waals surface area (Å²) in [7, 11) is -3.54. The first-order valence-corrected chi connectivity index (χ1v) is 8.00. The summed E-state index contributed by atoms with van der Waals surface area (Å²) in [6.45, 7) is 4.04. The zero-order valence-corrected chi connectivity index (χ0v) is 12.5. The third-order valence-corrected chi connectivity index (χ3v) is 3.66. The van der Waals surface area contributed by atoms with Crippen molar-refractivity contribution in [2.75, 3.05) is 17.9 Å². The molecular formula is C14H20N2O3S. The number of benzene rings is 1. The van der Waals surface area contributed by atoms with E-state index in [1.54, 1.807) is 12.1 Å². The van der Waals surface area contributed by atoms with Crippen molar-refractivity contribution in [3.63, 3.8) is 0 Å². The Kier molecular flexibility index (Phi) is 6.52. The lowest BCUT2D eigenvalue weighted by Crippen LogP contribution is -2.31. The lowest BCUT2D eigenvalue weighted by molar-refractivity contribution is 0.350. The molecule has 0 unspecified atom stereocenters. The van der Waals surface area contributed by atoms with Gasteiger partial charge >= 0.3 is 0 Å². The van der Waals surface area contributed by atoms with Crippen molar-refractivity contribution < 1.29 is 13.5 Å². The highest BCUT2D eigenvalue weighted by Crippen LogP contribution is 2.19. The number of aryl methyl sites for hydroxylation is 1. The van der Waals surface area contributed by atoms with Crippen LogP contribution in [0.2, 0.25) is 0 Å². The van der Waals surface area contributed by atoms with Gasteiger partial charge in [0.05, 0.1) is 5.69 Å². The van der Waals surface area contributed by atoms with E-state index in [2.05, 4.69) is 21.3 Å². The van der Waals surface area contributed by atoms with Gasteiger partial charge in [-0.2, -0.15) is 13.1 Å². The first kappa shape index (κ1) is 16.5. The molecule has 1 aromatic carbocycles. The molecule has 1 aromatic rings. The average molecular weight is 296 g/mol. The molecule has 0 heterocycles. The highest BCUT2D eigenvalue weighted by atomic mass is 32.2. The molecule has 6 heteroatoms. The summed E-state index contributed by atoms with van der Waals surface area (Å²) in [5, 5.41) is 8.67. The maximum atomic E-state index is 11.8. The third kappa shape index (κ3) is 5.21. The van der Waals surface area contributed by atoms with Crippen molar-refractivity contribution in [1.29, 1.82) is 0 Å². The summed E-state index contributed by atoms with van der Waals surface area (Å²) in [5.41, 5.74) is 2.16. The Morgan fingerprint density at radius 3 is 2.65 bits per heavy atom. The molecule has 0 radical (unpaired) electrons. The molecule has 110 valence electrons. The largest absolute Gasteiger partial charge is 0.384 e. The molecule has 0 saturated carbocycles. The van der Waals surface area contributed by atoms with Crippen LogP contribution in [-0.4, -0.2) is 26.7 Å². The molecule has 0 amide bonds. The zero-order valence-electron chi connectivity index (χ0n) is 11.7. The Hall–Kier alpha value is -1.55. The van der Waals surface area contributed by atoms with Crippen LogP contribution in [0, 0.1) is 11.8 Å². The SMILES string of the molecule is CCCNS(=O)(=O)Nc1ccc(C#CCO)cc1CC. The Balaban J connectivity index is 2.96. The summed E-state index contributed by atoms with van der Waals surface area (Å²) in [4.78, 5) is 0. The van der Waals surface area contributed by atoms with Gasteiger partial charge in [-0.1, -0.05) is 25.7 Å². The Morgan fingerprint density at radius 1 is 1.30 bits per heavy atom. The Labute approximate surface area is 120 Å². The van der Waals surface area contributed by atoms with Crippen LogP contribution in [-0.2, 0) is 16.6 Å². The molecule has 20 heavy (non-hydrogen) atoms. The van der Waals surface area contributed by atoms with Crippen molar-refractivity contribution >= 4 is 15.9 Å². The molecule has 0 atom stereocenters. The van der Waals surface area contributed by atoms with E-state index >= 15 is 0 Å². The molecular weight excluding hydrogens is 276 g/mol. The number of hydrogen-bond donors (Lipinski definition) is 3. The van der Waals surface area contributed by atoms with Crippen molar-refractivity contribution in [2.24, 2.45) is 0 Å². The van der Waals surface area contributed by atoms with Crippen LogP contribution < -0.4 is 9.44 Å². The number of aliphatic hydroxyl groups excluding tert-OH is 1. The predicted octanol–water partition coefficient (Wildman–Crippen LogP) is 1.25. The van der Waals surface area contributed by atoms with Gasteiger partial charge in [0.2, 0.25) is 0 Å². The lowest BCUT2D eigenvalue weighted by Gasteiger charge is -2.12. The van der Waals surface area contributed by atoms with Gasteiger partial charge in [0, 0.05) is 12.1 Å². The predicted molar refractivity (Wildman–Crippen MR) is 80.6 cm³/mol. The highest BCUT2D eigenvalue weighted by molar-refractivity contribution is 7.90. The van der Waals surface area contributed by atoms with Gasteiger partial charge in [-0.15, -0.1) is 0 Å². The lowest BCUT2D eigenvalue weighted by atomic mass is 10.1. The van der Waals surface area contributed by atoms with Crippen LogP contribution in [0.3, 0.4) is 0 Å². The smallest absolute Gasteiger partial charge is 0.299 e. The molecule has 0 saturated heterocycles. The van der Waals surface area contributed by atoms with Gasteiger partial charge in [-0.05, 0) is 36.6 Å². The van der Waals surface area contributed by atoms with Crippen molar-refractivity contribution in [2.45, 2.75) is 26.7 Å². The van der Waals surface area contributed by atoms with E-state index in [4.69, 9.17) is 5.11 Å². The maximum Gasteiger partial charge on any atom is 0.299 e. The quantitative estimate of drug-likeness (QED) is 0.691. The van der Waals surface area contributed by atoms with Gasteiger partial charge in [0.15, 0.2) is 0 Å². The fourth-order valence-electron chi connectivity index (χ4n) is 1.62. The van der Waals surface area contributed by atoms with E-state index in [0.717, 1.165) is 17.5 Å². The van der Waals surface area contributed by atoms with E-state index < -0.39 is 10.2 Å². The maximum absolute atomic E-state index is 11.8. The standard InChI is InChI=1S/C14H20N2O3S/c1-3-9-15-20(18,19)16-14-8-7-12(6-5-10-17)11-13(14)4-2/h7-8,11,15-17H,3-4,9-10H2,1-2H3. The summed E-state index contributed by atoms with van der Waals surface area (Å²) in [6, 6.07) is 5.23. The second-order valence-corrected chi connectivity index (χ2v) is 5.68. The Morgan fingerprint density at radius 2 is 2.05 bits per heavy atom. The summed E-state index contributed by atoms with van der Waals surface area (Å²) < 4.78 is 28.6. The van der Waals surface area contributed by atoms with E-state index in [-0.39, 0.29) is 6.61 Å². The third-order valence-electron chi connectivity index (χ3n) is 2.58. The van der Waals surface area contributed by atoms with Crippen molar-refractivity contribution in [3.05, 3.63) is 29.3 Å². The average Bonchev–Trinajstić information content (AvgIpc) is 2.43. The van der Waals surface area contributed by atoms with E-state index in [9.17, 15) is 8.42 Å². The molecule has 0 aliphatic rings. The normalized spacial score (nSPS) is 10.8. The van der Waals surface area contributed by atoms with Gasteiger partial charge < -0.3 is 5.11 Å². The molecule has 0 fully saturated rings. The molecule has 3 N–H and O–H groups in total. The molecule has 5 nitrogen and oxygen atoms in total. The number of hydrogen-bond acceptors (Lipinski definition) is 3. The van der Waals surface area contributed by atoms with Gasteiger partial charge in [-0.25, -0.2) is 0 Å². The van der Waals surface area contributed by atoms with Crippen LogP contribution in [0.1, 0.15) is 31.4 Å². The first-order valence-electron chi connectivity index (χ1n) is 6.52. The van der Waals surface area contributed by atoms with Crippen LogP contribution in [0.15, 0.2) is 18.2 Å². The molecule has 0 bridgehead atoms. The van der Waals surface area contributed by atoms with E-state index in [1.807, 2.05) is 19.9 Å². The van der Waals surface area contributed by atoms with Crippen molar-refractivity contribution in [3.8, 4) is 11.8 Å². The minimum atomic E-state index is -3.54. The van der Waals surface area contributed by atoms with Gasteiger partial charge in [0.25, 0.3) is 10.2 Å². The minimum Gasteiger partial charge on any atom is -0.384 e. The van der Waals surface area contributed by atoms with E-state index in [1.165, 1.54) is 0 Å². The fourth-order valence-corrected chi connectivity index (χ4v) is 2.66. The molecule has 1 rings (SSSR count). The molecule has 0 spiro atoms. The molecule has 0 aromatic heterocycles. The van der Waals surface area contributed by atoms with E-state index in [0.29, 0.717) is 18.7 Å².